The van der Waals surface area contributed by atoms with Gasteiger partial charge in [-0.3, -0.25) is 14.8 Å². The third kappa shape index (κ3) is 7.52. The van der Waals surface area contributed by atoms with Crippen LogP contribution in [0.4, 0.5) is 0 Å². The first kappa shape index (κ1) is 29.8. The molecule has 2 aromatic carbocycles. The van der Waals surface area contributed by atoms with E-state index >= 15 is 0 Å². The fraction of sp³-hybridized carbons (Fsp3) is 0.194. The van der Waals surface area contributed by atoms with Crippen LogP contribution in [0.5, 0.6) is 0 Å². The summed E-state index contributed by atoms with van der Waals surface area (Å²) < 4.78 is 0.877. The predicted molar refractivity (Wildman–Crippen MR) is 162 cm³/mol. The second-order valence-electron chi connectivity index (χ2n) is 10.4. The second kappa shape index (κ2) is 12.1. The van der Waals surface area contributed by atoms with Gasteiger partial charge in [0, 0.05) is 40.3 Å². The van der Waals surface area contributed by atoms with E-state index in [1.165, 1.54) is 23.6 Å². The molecule has 210 valence electrons. The third-order valence-electron chi connectivity index (χ3n) is 5.76. The van der Waals surface area contributed by atoms with Crippen LogP contribution in [0.25, 0.3) is 43.2 Å². The molecule has 0 atom stereocenters. The van der Waals surface area contributed by atoms with Crippen molar-refractivity contribution in [3.05, 3.63) is 88.8 Å². The maximum atomic E-state index is 11.7. The summed E-state index contributed by atoms with van der Waals surface area (Å²) in [6.07, 6.45) is 4.39. The maximum absolute atomic E-state index is 11.7. The van der Waals surface area contributed by atoms with Crippen LogP contribution in [0, 0.1) is 6.92 Å². The number of rotatable bonds is 6. The molecule has 0 unspecified atom stereocenters. The van der Waals surface area contributed by atoms with Crippen LogP contribution in [0.2, 0.25) is 5.02 Å². The summed E-state index contributed by atoms with van der Waals surface area (Å²) in [5.41, 5.74) is 5.59. The van der Waals surface area contributed by atoms with Gasteiger partial charge in [0.15, 0.2) is 0 Å². The quantitative estimate of drug-likeness (QED) is 0.190. The third-order valence-corrected chi connectivity index (χ3v) is 7.15. The van der Waals surface area contributed by atoms with Gasteiger partial charge in [0.05, 0.1) is 33.5 Å². The number of halogens is 1. The average molecular weight is 590 g/mol. The number of carboxylic acids is 2. The van der Waals surface area contributed by atoms with E-state index in [0.717, 1.165) is 43.0 Å². The Morgan fingerprint density at radius 3 is 2.27 bits per heavy atom. The minimum atomic E-state index is -1.06. The van der Waals surface area contributed by atoms with Crippen LogP contribution >= 0.6 is 22.9 Å². The zero-order valence-corrected chi connectivity index (χ0v) is 24.4. The Labute approximate surface area is 246 Å². The van der Waals surface area contributed by atoms with E-state index in [9.17, 15) is 19.8 Å². The fourth-order valence-electron chi connectivity index (χ4n) is 4.08. The van der Waals surface area contributed by atoms with Crippen LogP contribution in [0.3, 0.4) is 0 Å². The second-order valence-corrected chi connectivity index (χ2v) is 11.8. The largest absolute Gasteiger partial charge is 0.481 e. The molecular weight excluding hydrogens is 562 g/mol. The molecule has 0 amide bonds. The summed E-state index contributed by atoms with van der Waals surface area (Å²) in [5.74, 6) is -1.97. The monoisotopic (exact) mass is 589 g/mol. The van der Waals surface area contributed by atoms with Gasteiger partial charge < -0.3 is 15.3 Å². The predicted octanol–water partition coefficient (Wildman–Crippen LogP) is 7.15. The van der Waals surface area contributed by atoms with Gasteiger partial charge in [-0.25, -0.2) is 9.78 Å². The van der Waals surface area contributed by atoms with Crippen molar-refractivity contribution >= 4 is 45.1 Å². The maximum Gasteiger partial charge on any atom is 0.337 e. The molecule has 0 aliphatic carbocycles. The fourth-order valence-corrected chi connectivity index (χ4v) is 5.34. The molecule has 8 nitrogen and oxygen atoms in total. The first-order valence-electron chi connectivity index (χ1n) is 12.6. The highest BCUT2D eigenvalue weighted by Crippen LogP contribution is 2.41. The van der Waals surface area contributed by atoms with Crippen LogP contribution in [0.15, 0.2) is 67.1 Å². The smallest absolute Gasteiger partial charge is 0.337 e. The Morgan fingerprint density at radius 2 is 1.63 bits per heavy atom. The number of nitrogens with zero attached hydrogens (tertiary/aromatic N) is 3. The number of aryl methyl sites for hydroxylation is 1. The van der Waals surface area contributed by atoms with Crippen LogP contribution in [-0.2, 0) is 11.2 Å². The number of hydrogen-bond donors (Lipinski definition) is 3. The lowest BCUT2D eigenvalue weighted by Crippen LogP contribution is -2.10. The minimum absolute atomic E-state index is 0.0775. The number of pyridine rings is 2. The van der Waals surface area contributed by atoms with Crippen LogP contribution in [0.1, 0.15) is 42.3 Å². The molecule has 3 aromatic heterocycles. The van der Waals surface area contributed by atoms with Crippen LogP contribution < -0.4 is 0 Å². The van der Waals surface area contributed by atoms with Crippen molar-refractivity contribution < 1.29 is 24.9 Å². The summed E-state index contributed by atoms with van der Waals surface area (Å²) in [6.45, 7) is 7.12. The number of fused-ring (bicyclic) bond motifs is 1. The number of aromatic nitrogens is 3. The highest BCUT2D eigenvalue weighted by Gasteiger charge is 2.20. The normalized spacial score (nSPS) is 11.2. The number of aliphatic hydroxyl groups is 1. The molecule has 0 bridgehead atoms. The summed E-state index contributed by atoms with van der Waals surface area (Å²) >= 11 is 7.57. The van der Waals surface area contributed by atoms with Crippen molar-refractivity contribution in [1.29, 1.82) is 0 Å². The first-order chi connectivity index (χ1) is 19.3. The molecule has 10 heteroatoms. The molecule has 5 rings (SSSR count). The molecule has 0 saturated heterocycles. The molecular formula is C31H28ClN3O5S. The van der Waals surface area contributed by atoms with Crippen molar-refractivity contribution in [3.63, 3.8) is 0 Å². The average Bonchev–Trinajstić information content (AvgIpc) is 3.32. The van der Waals surface area contributed by atoms with Crippen molar-refractivity contribution in [1.82, 2.24) is 15.0 Å². The number of hydrogen-bond acceptors (Lipinski definition) is 7. The Bertz CT molecular complexity index is 1740. The molecule has 0 aliphatic rings. The molecule has 0 aliphatic heterocycles. The lowest BCUT2D eigenvalue weighted by molar-refractivity contribution is -0.136. The van der Waals surface area contributed by atoms with Crippen molar-refractivity contribution in [2.45, 2.75) is 39.7 Å². The highest BCUT2D eigenvalue weighted by atomic mass is 35.5. The van der Waals surface area contributed by atoms with Gasteiger partial charge in [-0.15, -0.1) is 11.3 Å². The van der Waals surface area contributed by atoms with E-state index in [2.05, 4.69) is 9.97 Å². The molecule has 5 aromatic rings. The zero-order valence-electron chi connectivity index (χ0n) is 22.8. The number of aliphatic carboxylic acids is 1. The molecule has 0 radical (unpaired) electrons. The zero-order chi connectivity index (χ0) is 29.9. The Morgan fingerprint density at radius 1 is 0.951 bits per heavy atom. The number of thiazole rings is 1. The van der Waals surface area contributed by atoms with Gasteiger partial charge in [0.25, 0.3) is 0 Å². The van der Waals surface area contributed by atoms with E-state index in [1.54, 1.807) is 45.3 Å². The molecule has 0 saturated carbocycles. The molecule has 0 spiro atoms. The Balaban J connectivity index is 0.000000714. The highest BCUT2D eigenvalue weighted by molar-refractivity contribution is 7.22. The molecule has 3 heterocycles. The molecule has 0 fully saturated rings. The summed E-state index contributed by atoms with van der Waals surface area (Å²) in [4.78, 5) is 36.3. The number of carbonyl (C=O) groups is 2. The topological polar surface area (TPSA) is 134 Å². The lowest BCUT2D eigenvalue weighted by atomic mass is 9.93. The van der Waals surface area contributed by atoms with Gasteiger partial charge in [0.2, 0.25) is 0 Å². The lowest BCUT2D eigenvalue weighted by Gasteiger charge is -2.13. The van der Waals surface area contributed by atoms with E-state index in [4.69, 9.17) is 21.7 Å². The van der Waals surface area contributed by atoms with Gasteiger partial charge in [-0.05, 0) is 80.8 Å². The molecule has 41 heavy (non-hydrogen) atoms. The standard InChI is InChI=1S/C27H18ClN3O4S.C4H10O/c1-14-8-22-25(24(20(14)11-23(32)33)15-2-4-19(28)5-3-15)36-26(31-22)16-6-7-30-21(10-16)17-9-18(27(34)35)13-29-12-17;1-4(2,3)5/h2-10,12-13H,11H2,1H3,(H,32,33)(H,34,35);5H,1-3H3. The van der Waals surface area contributed by atoms with Gasteiger partial charge in [-0.2, -0.15) is 0 Å². The summed E-state index contributed by atoms with van der Waals surface area (Å²) in [6, 6.07) is 14.5. The van der Waals surface area contributed by atoms with E-state index in [0.29, 0.717) is 16.3 Å². The van der Waals surface area contributed by atoms with E-state index in [1.807, 2.05) is 37.3 Å². The van der Waals surface area contributed by atoms with Crippen molar-refractivity contribution in [2.24, 2.45) is 0 Å². The number of aromatic carboxylic acids is 1. The Hall–Kier alpha value is -4.18. The molecule has 3 N–H and O–H groups in total. The number of benzene rings is 2. The van der Waals surface area contributed by atoms with Crippen molar-refractivity contribution in [2.75, 3.05) is 0 Å². The number of carboxylic acid groups (broad SMARTS) is 2. The van der Waals surface area contributed by atoms with Gasteiger partial charge in [-0.1, -0.05) is 23.7 Å². The van der Waals surface area contributed by atoms with Gasteiger partial charge in [0.1, 0.15) is 5.01 Å². The summed E-state index contributed by atoms with van der Waals surface area (Å²) in [5, 5.41) is 28.7. The SMILES string of the molecule is CC(C)(C)O.Cc1cc2nc(-c3ccnc(-c4cncc(C(=O)O)c4)c3)sc2c(-c2ccc(Cl)cc2)c1CC(=O)O. The minimum Gasteiger partial charge on any atom is -0.481 e. The van der Waals surface area contributed by atoms with E-state index in [-0.39, 0.29) is 12.0 Å². The Kier molecular flexibility index (Phi) is 8.82. The van der Waals surface area contributed by atoms with E-state index < -0.39 is 17.5 Å². The summed E-state index contributed by atoms with van der Waals surface area (Å²) in [7, 11) is 0. The first-order valence-corrected chi connectivity index (χ1v) is 13.8. The van der Waals surface area contributed by atoms with Crippen LogP contribution in [-0.4, -0.2) is 47.8 Å². The van der Waals surface area contributed by atoms with Gasteiger partial charge >= 0.3 is 11.9 Å². The van der Waals surface area contributed by atoms with Crippen molar-refractivity contribution in [3.8, 4) is 33.0 Å².